The summed E-state index contributed by atoms with van der Waals surface area (Å²) in [5.41, 5.74) is 1.62. The van der Waals surface area contributed by atoms with E-state index >= 15 is 0 Å². The number of nitrogens with one attached hydrogen (secondary N) is 1. The standard InChI is InChI=1S/C30H42N4O4/c1-30(2,3)23-28(35)33(15-9-11-24-10-6-7-14-27(24)38-5)19-16-32-17-20-34(21-18-32)29(36)31-25-12-8-13-26(22-25)37-4/h6-14,22H,15-21,23H2,1-5H3,(H,31,36)/b11-9+. The van der Waals surface area contributed by atoms with E-state index in [0.717, 1.165) is 30.9 Å². The number of rotatable bonds is 10. The number of amides is 3. The zero-order chi connectivity index (χ0) is 27.5. The Bertz CT molecular complexity index is 1090. The summed E-state index contributed by atoms with van der Waals surface area (Å²) in [6, 6.07) is 15.1. The molecule has 0 unspecified atom stereocenters. The van der Waals surface area contributed by atoms with Crippen LogP contribution in [0.5, 0.6) is 11.5 Å². The third-order valence-corrected chi connectivity index (χ3v) is 6.46. The van der Waals surface area contributed by atoms with Crippen LogP contribution in [0.25, 0.3) is 6.08 Å². The number of para-hydroxylation sites is 1. The highest BCUT2D eigenvalue weighted by Gasteiger charge is 2.24. The minimum absolute atomic E-state index is 0.0799. The molecule has 0 aromatic heterocycles. The Kier molecular flexibility index (Phi) is 10.6. The lowest BCUT2D eigenvalue weighted by Gasteiger charge is -2.36. The SMILES string of the molecule is COc1cccc(NC(=O)N2CCN(CCN(C/C=C/c3ccccc3OC)C(=O)CC(C)(C)C)CC2)c1. The van der Waals surface area contributed by atoms with E-state index in [0.29, 0.717) is 44.0 Å². The maximum Gasteiger partial charge on any atom is 0.321 e. The van der Waals surface area contributed by atoms with Gasteiger partial charge in [0.2, 0.25) is 5.91 Å². The van der Waals surface area contributed by atoms with Crippen molar-refractivity contribution in [2.75, 3.05) is 65.3 Å². The average molecular weight is 523 g/mol. The predicted octanol–water partition coefficient (Wildman–Crippen LogP) is 4.83. The molecule has 0 bridgehead atoms. The van der Waals surface area contributed by atoms with Gasteiger partial charge in [-0.2, -0.15) is 0 Å². The van der Waals surface area contributed by atoms with Crippen molar-refractivity contribution in [1.29, 1.82) is 0 Å². The fourth-order valence-corrected chi connectivity index (χ4v) is 4.33. The zero-order valence-electron chi connectivity index (χ0n) is 23.4. The maximum absolute atomic E-state index is 13.1. The Morgan fingerprint density at radius 1 is 1.00 bits per heavy atom. The van der Waals surface area contributed by atoms with Gasteiger partial charge in [0.05, 0.1) is 14.2 Å². The number of ether oxygens (including phenoxy) is 2. The molecule has 2 aromatic rings. The summed E-state index contributed by atoms with van der Waals surface area (Å²) < 4.78 is 10.7. The van der Waals surface area contributed by atoms with E-state index in [9.17, 15) is 9.59 Å². The van der Waals surface area contributed by atoms with Crippen LogP contribution in [0.15, 0.2) is 54.6 Å². The van der Waals surface area contributed by atoms with Crippen LogP contribution in [0, 0.1) is 5.41 Å². The van der Waals surface area contributed by atoms with Crippen molar-refractivity contribution in [3.63, 3.8) is 0 Å². The van der Waals surface area contributed by atoms with Crippen LogP contribution in [0.2, 0.25) is 0 Å². The second kappa shape index (κ2) is 13.9. The van der Waals surface area contributed by atoms with Gasteiger partial charge >= 0.3 is 6.03 Å². The molecular formula is C30H42N4O4. The van der Waals surface area contributed by atoms with Gasteiger partial charge in [0, 0.05) is 69.6 Å². The number of hydrogen-bond donors (Lipinski definition) is 1. The van der Waals surface area contributed by atoms with Crippen molar-refractivity contribution in [2.45, 2.75) is 27.2 Å². The number of urea groups is 1. The number of nitrogens with zero attached hydrogens (tertiary/aromatic N) is 3. The summed E-state index contributed by atoms with van der Waals surface area (Å²) in [4.78, 5) is 31.9. The van der Waals surface area contributed by atoms with Gasteiger partial charge in [0.15, 0.2) is 0 Å². The molecular weight excluding hydrogens is 480 g/mol. The van der Waals surface area contributed by atoms with Crippen molar-refractivity contribution >= 4 is 23.7 Å². The van der Waals surface area contributed by atoms with Gasteiger partial charge in [-0.3, -0.25) is 9.69 Å². The van der Waals surface area contributed by atoms with E-state index in [1.54, 1.807) is 20.3 Å². The summed E-state index contributed by atoms with van der Waals surface area (Å²) in [6.45, 7) is 11.0. The lowest BCUT2D eigenvalue weighted by atomic mass is 9.91. The van der Waals surface area contributed by atoms with E-state index in [2.05, 4.69) is 31.0 Å². The van der Waals surface area contributed by atoms with Gasteiger partial charge < -0.3 is 24.6 Å². The minimum Gasteiger partial charge on any atom is -0.497 e. The molecule has 1 N–H and O–H groups in total. The Hall–Kier alpha value is -3.52. The molecule has 3 amide bonds. The quantitative estimate of drug-likeness (QED) is 0.484. The number of benzene rings is 2. The number of hydrogen-bond acceptors (Lipinski definition) is 5. The summed E-state index contributed by atoms with van der Waals surface area (Å²) >= 11 is 0. The van der Waals surface area contributed by atoms with Crippen LogP contribution >= 0.6 is 0 Å². The Morgan fingerprint density at radius 3 is 2.42 bits per heavy atom. The minimum atomic E-state index is -0.110. The molecule has 0 atom stereocenters. The van der Waals surface area contributed by atoms with Crippen LogP contribution in [-0.2, 0) is 4.79 Å². The van der Waals surface area contributed by atoms with Crippen LogP contribution in [-0.4, -0.2) is 86.7 Å². The second-order valence-corrected chi connectivity index (χ2v) is 10.7. The van der Waals surface area contributed by atoms with Crippen molar-refractivity contribution in [3.8, 4) is 11.5 Å². The molecule has 1 aliphatic rings. The van der Waals surface area contributed by atoms with Crippen LogP contribution < -0.4 is 14.8 Å². The predicted molar refractivity (Wildman–Crippen MR) is 153 cm³/mol. The van der Waals surface area contributed by atoms with Gasteiger partial charge in [-0.1, -0.05) is 57.2 Å². The summed E-state index contributed by atoms with van der Waals surface area (Å²) in [7, 11) is 3.27. The fraction of sp³-hybridized carbons (Fsp3) is 0.467. The lowest BCUT2D eigenvalue weighted by molar-refractivity contribution is -0.132. The normalized spacial score (nSPS) is 14.4. The van der Waals surface area contributed by atoms with Gasteiger partial charge in [-0.05, 0) is 23.6 Å². The van der Waals surface area contributed by atoms with Crippen LogP contribution in [0.1, 0.15) is 32.8 Å². The first-order chi connectivity index (χ1) is 18.2. The van der Waals surface area contributed by atoms with Gasteiger partial charge in [0.1, 0.15) is 11.5 Å². The van der Waals surface area contributed by atoms with Crippen molar-refractivity contribution in [1.82, 2.24) is 14.7 Å². The molecule has 8 heteroatoms. The van der Waals surface area contributed by atoms with Gasteiger partial charge in [-0.15, -0.1) is 0 Å². The molecule has 1 saturated heterocycles. The molecule has 1 aliphatic heterocycles. The van der Waals surface area contributed by atoms with Crippen molar-refractivity contribution < 1.29 is 19.1 Å². The van der Waals surface area contributed by atoms with Gasteiger partial charge in [-0.25, -0.2) is 4.79 Å². The highest BCUT2D eigenvalue weighted by molar-refractivity contribution is 5.89. The number of anilines is 1. The highest BCUT2D eigenvalue weighted by Crippen LogP contribution is 2.21. The second-order valence-electron chi connectivity index (χ2n) is 10.7. The fourth-order valence-electron chi connectivity index (χ4n) is 4.33. The topological polar surface area (TPSA) is 74.3 Å². The third kappa shape index (κ3) is 9.10. The molecule has 0 saturated carbocycles. The lowest BCUT2D eigenvalue weighted by Crippen LogP contribution is -2.51. The molecule has 8 nitrogen and oxygen atoms in total. The largest absolute Gasteiger partial charge is 0.497 e. The van der Waals surface area contributed by atoms with Crippen molar-refractivity contribution in [2.24, 2.45) is 5.41 Å². The molecule has 1 fully saturated rings. The Labute approximate surface area is 227 Å². The molecule has 38 heavy (non-hydrogen) atoms. The molecule has 206 valence electrons. The zero-order valence-corrected chi connectivity index (χ0v) is 23.4. The average Bonchev–Trinajstić information content (AvgIpc) is 2.90. The van der Waals surface area contributed by atoms with Crippen LogP contribution in [0.4, 0.5) is 10.5 Å². The monoisotopic (exact) mass is 522 g/mol. The van der Waals surface area contributed by atoms with E-state index < -0.39 is 0 Å². The number of carbonyl (C=O) groups is 2. The first-order valence-electron chi connectivity index (χ1n) is 13.2. The van der Waals surface area contributed by atoms with Gasteiger partial charge in [0.25, 0.3) is 0 Å². The van der Waals surface area contributed by atoms with E-state index in [1.165, 1.54) is 0 Å². The summed E-state index contributed by atoms with van der Waals surface area (Å²) in [5, 5.41) is 2.95. The molecule has 2 aromatic carbocycles. The molecule has 0 spiro atoms. The molecule has 0 aliphatic carbocycles. The van der Waals surface area contributed by atoms with E-state index in [-0.39, 0.29) is 17.4 Å². The van der Waals surface area contributed by atoms with Crippen molar-refractivity contribution in [3.05, 3.63) is 60.2 Å². The van der Waals surface area contributed by atoms with E-state index in [1.807, 2.05) is 64.4 Å². The summed E-state index contributed by atoms with van der Waals surface area (Å²) in [6.07, 6.45) is 4.53. The summed E-state index contributed by atoms with van der Waals surface area (Å²) in [5.74, 6) is 1.67. The maximum atomic E-state index is 13.1. The first-order valence-corrected chi connectivity index (χ1v) is 13.2. The van der Waals surface area contributed by atoms with E-state index in [4.69, 9.17) is 9.47 Å². The smallest absolute Gasteiger partial charge is 0.321 e. The number of carbonyl (C=O) groups excluding carboxylic acids is 2. The molecule has 3 rings (SSSR count). The molecule has 0 radical (unpaired) electrons. The first kappa shape index (κ1) is 29.0. The Balaban J connectivity index is 1.53. The molecule has 1 heterocycles. The number of methoxy groups -OCH3 is 2. The highest BCUT2D eigenvalue weighted by atomic mass is 16.5. The number of piperazine rings is 1. The Morgan fingerprint density at radius 2 is 1.74 bits per heavy atom. The third-order valence-electron chi connectivity index (χ3n) is 6.46. The van der Waals surface area contributed by atoms with Crippen LogP contribution in [0.3, 0.4) is 0 Å².